The number of hydrogen-bond acceptors (Lipinski definition) is 6. The molecule has 0 bridgehead atoms. The maximum atomic E-state index is 12.4. The predicted octanol–water partition coefficient (Wildman–Crippen LogP) is 1.95. The summed E-state index contributed by atoms with van der Waals surface area (Å²) in [6.07, 6.45) is 0. The first kappa shape index (κ1) is 16.8. The number of nitrogens with zero attached hydrogens (tertiary/aromatic N) is 2. The molecule has 1 amide bonds. The molecule has 0 atom stereocenters. The zero-order valence-electron chi connectivity index (χ0n) is 13.1. The standard InChI is InChI=1S/C17H15N3O4S/c18-16(21)14-8-4-5-12(9-14)10-25(22,23)11-15-19-17(20-24-15)13-6-2-1-3-7-13/h1-9H,10-11H2,(H2,18,21). The van der Waals surface area contributed by atoms with Gasteiger partial charge in [0.25, 0.3) is 0 Å². The average Bonchev–Trinajstić information content (AvgIpc) is 3.03. The van der Waals surface area contributed by atoms with Gasteiger partial charge in [-0.25, -0.2) is 8.42 Å². The summed E-state index contributed by atoms with van der Waals surface area (Å²) in [5.41, 5.74) is 6.68. The van der Waals surface area contributed by atoms with E-state index in [0.29, 0.717) is 11.4 Å². The molecule has 0 saturated heterocycles. The van der Waals surface area contributed by atoms with Crippen molar-refractivity contribution >= 4 is 15.7 Å². The van der Waals surface area contributed by atoms with E-state index in [4.69, 9.17) is 10.3 Å². The van der Waals surface area contributed by atoms with Gasteiger partial charge in [0.05, 0.1) is 5.75 Å². The number of aromatic nitrogens is 2. The van der Waals surface area contributed by atoms with Crippen molar-refractivity contribution in [2.45, 2.75) is 11.5 Å². The monoisotopic (exact) mass is 357 g/mol. The van der Waals surface area contributed by atoms with Gasteiger partial charge in [0.1, 0.15) is 5.75 Å². The molecular formula is C17H15N3O4S. The lowest BCUT2D eigenvalue weighted by Crippen LogP contribution is -2.12. The van der Waals surface area contributed by atoms with E-state index in [1.54, 1.807) is 24.3 Å². The molecule has 3 aromatic rings. The fraction of sp³-hybridized carbons (Fsp3) is 0.118. The van der Waals surface area contributed by atoms with Gasteiger partial charge >= 0.3 is 0 Å². The van der Waals surface area contributed by atoms with E-state index in [1.165, 1.54) is 12.1 Å². The van der Waals surface area contributed by atoms with E-state index in [9.17, 15) is 13.2 Å². The third-order valence-electron chi connectivity index (χ3n) is 3.44. The molecule has 1 aromatic heterocycles. The van der Waals surface area contributed by atoms with Crippen LogP contribution in [-0.2, 0) is 21.3 Å². The van der Waals surface area contributed by atoms with Gasteiger partial charge < -0.3 is 10.3 Å². The number of hydrogen-bond donors (Lipinski definition) is 1. The number of sulfone groups is 1. The second kappa shape index (κ2) is 6.86. The third kappa shape index (κ3) is 4.30. The van der Waals surface area contributed by atoms with Gasteiger partial charge in [0.2, 0.25) is 17.6 Å². The summed E-state index contributed by atoms with van der Waals surface area (Å²) in [6, 6.07) is 15.3. The van der Waals surface area contributed by atoms with Crippen LogP contribution < -0.4 is 5.73 Å². The lowest BCUT2D eigenvalue weighted by Gasteiger charge is -2.03. The maximum absolute atomic E-state index is 12.4. The highest BCUT2D eigenvalue weighted by Gasteiger charge is 2.19. The molecule has 2 N–H and O–H groups in total. The fourth-order valence-electron chi connectivity index (χ4n) is 2.33. The molecule has 0 radical (unpaired) electrons. The highest BCUT2D eigenvalue weighted by molar-refractivity contribution is 7.89. The van der Waals surface area contributed by atoms with Crippen LogP contribution in [-0.4, -0.2) is 24.5 Å². The van der Waals surface area contributed by atoms with Crippen molar-refractivity contribution in [3.8, 4) is 11.4 Å². The van der Waals surface area contributed by atoms with Crippen molar-refractivity contribution in [3.05, 3.63) is 71.6 Å². The number of nitrogens with two attached hydrogens (primary N) is 1. The number of carbonyl (C=O) groups excluding carboxylic acids is 1. The van der Waals surface area contributed by atoms with Gasteiger partial charge in [0, 0.05) is 11.1 Å². The minimum Gasteiger partial charge on any atom is -0.366 e. The van der Waals surface area contributed by atoms with Crippen LogP contribution in [0.3, 0.4) is 0 Å². The van der Waals surface area contributed by atoms with Crippen molar-refractivity contribution < 1.29 is 17.7 Å². The second-order valence-corrected chi connectivity index (χ2v) is 7.54. The smallest absolute Gasteiger partial charge is 0.248 e. The number of carbonyl (C=O) groups is 1. The van der Waals surface area contributed by atoms with Crippen LogP contribution in [0, 0.1) is 0 Å². The predicted molar refractivity (Wildman–Crippen MR) is 91.0 cm³/mol. The minimum atomic E-state index is -3.55. The molecule has 128 valence electrons. The molecule has 2 aromatic carbocycles. The Morgan fingerprint density at radius 3 is 2.52 bits per heavy atom. The van der Waals surface area contributed by atoms with Gasteiger partial charge in [-0.05, 0) is 17.7 Å². The Morgan fingerprint density at radius 1 is 1.04 bits per heavy atom. The summed E-state index contributed by atoms with van der Waals surface area (Å²) in [4.78, 5) is 15.3. The molecule has 0 saturated carbocycles. The van der Waals surface area contributed by atoms with Gasteiger partial charge in [0.15, 0.2) is 9.84 Å². The third-order valence-corrected chi connectivity index (χ3v) is 4.90. The SMILES string of the molecule is NC(=O)c1cccc(CS(=O)(=O)Cc2nc(-c3ccccc3)no2)c1. The van der Waals surface area contributed by atoms with Crippen LogP contribution in [0.25, 0.3) is 11.4 Å². The van der Waals surface area contributed by atoms with E-state index in [0.717, 1.165) is 5.56 Å². The maximum Gasteiger partial charge on any atom is 0.248 e. The summed E-state index contributed by atoms with van der Waals surface area (Å²) in [5.74, 6) is -0.889. The second-order valence-electron chi connectivity index (χ2n) is 5.47. The van der Waals surface area contributed by atoms with E-state index in [1.807, 2.05) is 18.2 Å². The van der Waals surface area contributed by atoms with Crippen LogP contribution in [0.15, 0.2) is 59.1 Å². The minimum absolute atomic E-state index is 0.0184. The molecule has 0 fully saturated rings. The Balaban J connectivity index is 1.75. The summed E-state index contributed by atoms with van der Waals surface area (Å²) >= 11 is 0. The van der Waals surface area contributed by atoms with Gasteiger partial charge in [-0.3, -0.25) is 4.79 Å². The van der Waals surface area contributed by atoms with Gasteiger partial charge in [-0.15, -0.1) is 0 Å². The van der Waals surface area contributed by atoms with E-state index in [2.05, 4.69) is 10.1 Å². The van der Waals surface area contributed by atoms with Crippen molar-refractivity contribution in [2.75, 3.05) is 0 Å². The molecule has 25 heavy (non-hydrogen) atoms. The first-order valence-corrected chi connectivity index (χ1v) is 9.22. The zero-order chi connectivity index (χ0) is 17.9. The lowest BCUT2D eigenvalue weighted by molar-refractivity contribution is 0.1000. The Labute approximate surface area is 144 Å². The Morgan fingerprint density at radius 2 is 1.80 bits per heavy atom. The quantitative estimate of drug-likeness (QED) is 0.721. The normalized spacial score (nSPS) is 11.4. The van der Waals surface area contributed by atoms with Crippen LogP contribution in [0.1, 0.15) is 21.8 Å². The van der Waals surface area contributed by atoms with Crippen molar-refractivity contribution in [2.24, 2.45) is 5.73 Å². The topological polar surface area (TPSA) is 116 Å². The van der Waals surface area contributed by atoms with E-state index in [-0.39, 0.29) is 23.0 Å². The molecule has 8 heteroatoms. The number of benzene rings is 2. The average molecular weight is 357 g/mol. The van der Waals surface area contributed by atoms with Crippen molar-refractivity contribution in [1.82, 2.24) is 10.1 Å². The lowest BCUT2D eigenvalue weighted by atomic mass is 10.1. The Bertz CT molecular complexity index is 997. The number of rotatable bonds is 6. The zero-order valence-corrected chi connectivity index (χ0v) is 13.9. The molecule has 0 aliphatic heterocycles. The highest BCUT2D eigenvalue weighted by atomic mass is 32.2. The van der Waals surface area contributed by atoms with E-state index >= 15 is 0 Å². The van der Waals surface area contributed by atoms with E-state index < -0.39 is 15.7 Å². The summed E-state index contributed by atoms with van der Waals surface area (Å²) in [6.45, 7) is 0. The first-order chi connectivity index (χ1) is 11.9. The number of primary amides is 1. The van der Waals surface area contributed by atoms with Crippen LogP contribution in [0.4, 0.5) is 0 Å². The molecule has 0 spiro atoms. The van der Waals surface area contributed by atoms with Crippen molar-refractivity contribution in [3.63, 3.8) is 0 Å². The fourth-order valence-corrected chi connectivity index (χ4v) is 3.61. The molecular weight excluding hydrogens is 342 g/mol. The summed E-state index contributed by atoms with van der Waals surface area (Å²) < 4.78 is 29.7. The Hall–Kier alpha value is -3.00. The Kier molecular flexibility index (Phi) is 4.62. The van der Waals surface area contributed by atoms with Gasteiger partial charge in [-0.1, -0.05) is 47.6 Å². The van der Waals surface area contributed by atoms with Gasteiger partial charge in [-0.2, -0.15) is 4.98 Å². The number of amides is 1. The summed E-state index contributed by atoms with van der Waals surface area (Å²) in [7, 11) is -3.55. The summed E-state index contributed by atoms with van der Waals surface area (Å²) in [5, 5.41) is 3.80. The molecule has 7 nitrogen and oxygen atoms in total. The van der Waals surface area contributed by atoms with Crippen LogP contribution in [0.5, 0.6) is 0 Å². The largest absolute Gasteiger partial charge is 0.366 e. The van der Waals surface area contributed by atoms with Crippen LogP contribution in [0.2, 0.25) is 0 Å². The highest BCUT2D eigenvalue weighted by Crippen LogP contribution is 2.17. The van der Waals surface area contributed by atoms with Crippen molar-refractivity contribution in [1.29, 1.82) is 0 Å². The molecule has 0 aliphatic rings. The molecule has 0 unspecified atom stereocenters. The first-order valence-electron chi connectivity index (χ1n) is 7.40. The van der Waals surface area contributed by atoms with Crippen LogP contribution >= 0.6 is 0 Å². The molecule has 0 aliphatic carbocycles. The molecule has 1 heterocycles. The molecule has 3 rings (SSSR count).